The molecule has 3 rings (SSSR count). The van der Waals surface area contributed by atoms with E-state index in [2.05, 4.69) is 15.4 Å². The standard InChI is InChI=1S/C19H19ClN4O3S/c1-12-19(28-13(2)22-12)15-7-8-18(26)24(23-15)10-9-21-17(25)11-27-16-6-4-3-5-14(16)20/h3-8H,9-11H2,1-2H3,(H,21,25). The van der Waals surface area contributed by atoms with Gasteiger partial charge < -0.3 is 10.1 Å². The molecule has 7 nitrogen and oxygen atoms in total. The molecule has 0 unspecified atom stereocenters. The summed E-state index contributed by atoms with van der Waals surface area (Å²) in [4.78, 5) is 29.3. The Morgan fingerprint density at radius 2 is 2.04 bits per heavy atom. The first kappa shape index (κ1) is 20.0. The third kappa shape index (κ3) is 4.96. The molecular formula is C19H19ClN4O3S. The molecule has 0 atom stereocenters. The van der Waals surface area contributed by atoms with Crippen LogP contribution in [0.25, 0.3) is 10.6 Å². The number of carbonyl (C=O) groups is 1. The number of nitrogens with zero attached hydrogens (tertiary/aromatic N) is 3. The van der Waals surface area contributed by atoms with Crippen LogP contribution in [-0.2, 0) is 11.3 Å². The van der Waals surface area contributed by atoms with Gasteiger partial charge in [-0.3, -0.25) is 9.59 Å². The SMILES string of the molecule is Cc1nc(C)c(-c2ccc(=O)n(CCNC(=O)COc3ccccc3Cl)n2)s1. The van der Waals surface area contributed by atoms with Crippen LogP contribution in [0, 0.1) is 13.8 Å². The Morgan fingerprint density at radius 3 is 2.75 bits per heavy atom. The maximum atomic E-state index is 12.1. The van der Waals surface area contributed by atoms with Gasteiger partial charge >= 0.3 is 0 Å². The second kappa shape index (κ2) is 8.99. The highest BCUT2D eigenvalue weighted by molar-refractivity contribution is 7.15. The van der Waals surface area contributed by atoms with Crippen molar-refractivity contribution in [2.75, 3.05) is 13.2 Å². The molecule has 1 aromatic carbocycles. The summed E-state index contributed by atoms with van der Waals surface area (Å²) in [5.41, 5.74) is 1.34. The number of nitrogens with one attached hydrogen (secondary N) is 1. The molecule has 0 aliphatic carbocycles. The number of aromatic nitrogens is 3. The van der Waals surface area contributed by atoms with E-state index in [9.17, 15) is 9.59 Å². The molecule has 28 heavy (non-hydrogen) atoms. The Bertz CT molecular complexity index is 1050. The molecule has 0 aliphatic heterocycles. The van der Waals surface area contributed by atoms with Crippen molar-refractivity contribution < 1.29 is 9.53 Å². The van der Waals surface area contributed by atoms with Gasteiger partial charge in [-0.2, -0.15) is 5.10 Å². The molecule has 0 saturated carbocycles. The average Bonchev–Trinajstić information content (AvgIpc) is 3.01. The molecule has 9 heteroatoms. The number of hydrogen-bond acceptors (Lipinski definition) is 6. The van der Waals surface area contributed by atoms with Gasteiger partial charge in [0.25, 0.3) is 11.5 Å². The number of thiazole rings is 1. The van der Waals surface area contributed by atoms with E-state index in [0.29, 0.717) is 16.5 Å². The van der Waals surface area contributed by atoms with Crippen molar-refractivity contribution in [3.63, 3.8) is 0 Å². The van der Waals surface area contributed by atoms with E-state index in [1.807, 2.05) is 13.8 Å². The smallest absolute Gasteiger partial charge is 0.266 e. The van der Waals surface area contributed by atoms with Crippen molar-refractivity contribution in [1.29, 1.82) is 0 Å². The summed E-state index contributed by atoms with van der Waals surface area (Å²) in [6, 6.07) is 10.1. The number of halogens is 1. The lowest BCUT2D eigenvalue weighted by atomic mass is 10.3. The average molecular weight is 419 g/mol. The van der Waals surface area contributed by atoms with Crippen molar-refractivity contribution in [3.8, 4) is 16.3 Å². The first-order valence-corrected chi connectivity index (χ1v) is 9.80. The highest BCUT2D eigenvalue weighted by Gasteiger charge is 2.11. The highest BCUT2D eigenvalue weighted by atomic mass is 35.5. The molecule has 1 N–H and O–H groups in total. The third-order valence-electron chi connectivity index (χ3n) is 3.84. The number of benzene rings is 1. The fourth-order valence-electron chi connectivity index (χ4n) is 2.56. The maximum Gasteiger partial charge on any atom is 0.266 e. The Balaban J connectivity index is 1.56. The van der Waals surface area contributed by atoms with E-state index < -0.39 is 0 Å². The number of rotatable bonds is 7. The molecule has 3 aromatic rings. The summed E-state index contributed by atoms with van der Waals surface area (Å²) >= 11 is 7.51. The van der Waals surface area contributed by atoms with Gasteiger partial charge in [0.1, 0.15) is 11.4 Å². The van der Waals surface area contributed by atoms with Gasteiger partial charge in [0.2, 0.25) is 0 Å². The van der Waals surface area contributed by atoms with E-state index in [1.165, 1.54) is 22.1 Å². The Hall–Kier alpha value is -2.71. The van der Waals surface area contributed by atoms with E-state index in [1.54, 1.807) is 30.3 Å². The summed E-state index contributed by atoms with van der Waals surface area (Å²) in [6.07, 6.45) is 0. The van der Waals surface area contributed by atoms with Crippen molar-refractivity contribution in [2.45, 2.75) is 20.4 Å². The second-order valence-electron chi connectivity index (χ2n) is 6.00. The van der Waals surface area contributed by atoms with Crippen LogP contribution in [0.4, 0.5) is 0 Å². The fraction of sp³-hybridized carbons (Fsp3) is 0.263. The zero-order valence-corrected chi connectivity index (χ0v) is 17.0. The number of hydrogen-bond donors (Lipinski definition) is 1. The lowest BCUT2D eigenvalue weighted by Gasteiger charge is -2.10. The summed E-state index contributed by atoms with van der Waals surface area (Å²) < 4.78 is 6.72. The quantitative estimate of drug-likeness (QED) is 0.637. The van der Waals surface area contributed by atoms with Crippen LogP contribution in [0.5, 0.6) is 5.75 Å². The van der Waals surface area contributed by atoms with Crippen LogP contribution in [0.1, 0.15) is 10.7 Å². The van der Waals surface area contributed by atoms with E-state index in [-0.39, 0.29) is 31.2 Å². The number of carbonyl (C=O) groups excluding carboxylic acids is 1. The number of para-hydroxylation sites is 1. The monoisotopic (exact) mass is 418 g/mol. The topological polar surface area (TPSA) is 86.1 Å². The van der Waals surface area contributed by atoms with Gasteiger partial charge in [0.15, 0.2) is 6.61 Å². The predicted molar refractivity (Wildman–Crippen MR) is 109 cm³/mol. The molecule has 146 valence electrons. The minimum atomic E-state index is -0.307. The normalized spacial score (nSPS) is 10.7. The molecule has 0 bridgehead atoms. The van der Waals surface area contributed by atoms with Gasteiger partial charge in [0.05, 0.1) is 27.1 Å². The van der Waals surface area contributed by atoms with Crippen LogP contribution >= 0.6 is 22.9 Å². The zero-order valence-electron chi connectivity index (χ0n) is 15.4. The lowest BCUT2D eigenvalue weighted by molar-refractivity contribution is -0.123. The molecule has 2 aromatic heterocycles. The van der Waals surface area contributed by atoms with Crippen LogP contribution in [0.3, 0.4) is 0 Å². The van der Waals surface area contributed by atoms with Crippen LogP contribution < -0.4 is 15.6 Å². The first-order valence-electron chi connectivity index (χ1n) is 8.60. The van der Waals surface area contributed by atoms with Gasteiger partial charge in [-0.25, -0.2) is 9.67 Å². The van der Waals surface area contributed by atoms with Crippen LogP contribution in [0.15, 0.2) is 41.2 Å². The molecule has 0 aliphatic rings. The fourth-order valence-corrected chi connectivity index (χ4v) is 3.63. The molecular weight excluding hydrogens is 400 g/mol. The Morgan fingerprint density at radius 1 is 1.25 bits per heavy atom. The highest BCUT2D eigenvalue weighted by Crippen LogP contribution is 2.27. The van der Waals surface area contributed by atoms with Crippen molar-refractivity contribution in [3.05, 3.63) is 62.5 Å². The molecule has 0 saturated heterocycles. The van der Waals surface area contributed by atoms with Gasteiger partial charge in [0, 0.05) is 12.6 Å². The van der Waals surface area contributed by atoms with Crippen molar-refractivity contribution in [2.24, 2.45) is 0 Å². The minimum absolute atomic E-state index is 0.161. The largest absolute Gasteiger partial charge is 0.482 e. The van der Waals surface area contributed by atoms with Gasteiger partial charge in [-0.05, 0) is 32.0 Å². The van der Waals surface area contributed by atoms with Gasteiger partial charge in [-0.1, -0.05) is 23.7 Å². The van der Waals surface area contributed by atoms with E-state index in [4.69, 9.17) is 16.3 Å². The summed E-state index contributed by atoms with van der Waals surface area (Å²) in [5.74, 6) is 0.137. The first-order chi connectivity index (χ1) is 13.4. The Kier molecular flexibility index (Phi) is 6.43. The van der Waals surface area contributed by atoms with Crippen LogP contribution in [0.2, 0.25) is 5.02 Å². The molecule has 0 spiro atoms. The molecule has 1 amide bonds. The van der Waals surface area contributed by atoms with E-state index >= 15 is 0 Å². The number of aryl methyl sites for hydroxylation is 2. The number of ether oxygens (including phenoxy) is 1. The Labute approximate surface area is 171 Å². The lowest BCUT2D eigenvalue weighted by Crippen LogP contribution is -2.34. The number of amides is 1. The summed E-state index contributed by atoms with van der Waals surface area (Å²) in [5, 5.41) is 8.48. The predicted octanol–water partition coefficient (Wildman–Crippen LogP) is 2.83. The third-order valence-corrected chi connectivity index (χ3v) is 5.25. The molecule has 2 heterocycles. The summed E-state index contributed by atoms with van der Waals surface area (Å²) in [7, 11) is 0. The zero-order chi connectivity index (χ0) is 20.1. The maximum absolute atomic E-state index is 12.1. The molecule has 0 fully saturated rings. The van der Waals surface area contributed by atoms with E-state index in [0.717, 1.165) is 15.6 Å². The van der Waals surface area contributed by atoms with Crippen molar-refractivity contribution >= 4 is 28.8 Å². The summed E-state index contributed by atoms with van der Waals surface area (Å²) in [6.45, 7) is 4.18. The van der Waals surface area contributed by atoms with Crippen molar-refractivity contribution in [1.82, 2.24) is 20.1 Å². The molecule has 0 radical (unpaired) electrons. The van der Waals surface area contributed by atoms with Gasteiger partial charge in [-0.15, -0.1) is 11.3 Å². The minimum Gasteiger partial charge on any atom is -0.482 e. The van der Waals surface area contributed by atoms with Crippen LogP contribution in [-0.4, -0.2) is 33.8 Å². The second-order valence-corrected chi connectivity index (χ2v) is 7.61.